The van der Waals surface area contributed by atoms with Gasteiger partial charge in [0.05, 0.1) is 19.2 Å². The number of aromatic nitrogens is 2. The Bertz CT molecular complexity index is 842. The van der Waals surface area contributed by atoms with Gasteiger partial charge in [0, 0.05) is 19.3 Å². The van der Waals surface area contributed by atoms with E-state index in [1.54, 1.807) is 12.3 Å². The minimum Gasteiger partial charge on any atom is -0.491 e. The second-order valence-corrected chi connectivity index (χ2v) is 6.13. The minimum atomic E-state index is -1.48. The van der Waals surface area contributed by atoms with E-state index >= 15 is 0 Å². The van der Waals surface area contributed by atoms with E-state index in [0.29, 0.717) is 11.9 Å². The molecule has 1 aliphatic heterocycles. The third kappa shape index (κ3) is 4.12. The summed E-state index contributed by atoms with van der Waals surface area (Å²) in [7, 11) is 0.989. The maximum absolute atomic E-state index is 14.2. The van der Waals surface area contributed by atoms with Crippen LogP contribution in [0.15, 0.2) is 18.3 Å². The van der Waals surface area contributed by atoms with E-state index in [1.165, 1.54) is 6.42 Å². The van der Waals surface area contributed by atoms with Crippen molar-refractivity contribution in [3.8, 4) is 5.75 Å². The first kappa shape index (κ1) is 18.9. The number of halogens is 3. The highest BCUT2D eigenvalue weighted by molar-refractivity contribution is 5.94. The lowest BCUT2D eigenvalue weighted by atomic mass is 10.1. The second kappa shape index (κ2) is 8.24. The number of carbonyl (C=O) groups is 1. The SMILES string of the molecule is COc1c(F)c(F)cc(C(=O)NCc2nccc(N3CCCCC3)n2)c1F. The molecule has 144 valence electrons. The molecule has 3 rings (SSSR count). The van der Waals surface area contributed by atoms with E-state index in [-0.39, 0.29) is 6.54 Å². The van der Waals surface area contributed by atoms with Crippen LogP contribution >= 0.6 is 0 Å². The lowest BCUT2D eigenvalue weighted by Gasteiger charge is -2.27. The summed E-state index contributed by atoms with van der Waals surface area (Å²) in [5.74, 6) is -4.89. The molecule has 0 unspecified atom stereocenters. The summed E-state index contributed by atoms with van der Waals surface area (Å²) in [6, 6.07) is 2.28. The number of ether oxygens (including phenoxy) is 1. The highest BCUT2D eigenvalue weighted by Gasteiger charge is 2.23. The van der Waals surface area contributed by atoms with Crippen molar-refractivity contribution in [1.29, 1.82) is 0 Å². The number of piperidine rings is 1. The summed E-state index contributed by atoms with van der Waals surface area (Å²) in [6.45, 7) is 1.73. The summed E-state index contributed by atoms with van der Waals surface area (Å²) in [5, 5.41) is 2.42. The molecule has 0 spiro atoms. The molecule has 0 atom stereocenters. The molecule has 1 aromatic heterocycles. The third-order valence-electron chi connectivity index (χ3n) is 4.34. The van der Waals surface area contributed by atoms with E-state index < -0.39 is 34.7 Å². The Kier molecular flexibility index (Phi) is 5.78. The summed E-state index contributed by atoms with van der Waals surface area (Å²) >= 11 is 0. The van der Waals surface area contributed by atoms with Gasteiger partial charge in [0.1, 0.15) is 11.6 Å². The molecule has 0 bridgehead atoms. The average molecular weight is 380 g/mol. The molecule has 1 amide bonds. The zero-order valence-corrected chi connectivity index (χ0v) is 14.8. The molecule has 0 saturated carbocycles. The highest BCUT2D eigenvalue weighted by Crippen LogP contribution is 2.27. The van der Waals surface area contributed by atoms with E-state index in [1.807, 2.05) is 0 Å². The van der Waals surface area contributed by atoms with Crippen molar-refractivity contribution in [3.63, 3.8) is 0 Å². The zero-order valence-electron chi connectivity index (χ0n) is 14.8. The first-order valence-electron chi connectivity index (χ1n) is 8.57. The highest BCUT2D eigenvalue weighted by atomic mass is 19.2. The molecule has 0 radical (unpaired) electrons. The molecule has 1 N–H and O–H groups in total. The third-order valence-corrected chi connectivity index (χ3v) is 4.34. The van der Waals surface area contributed by atoms with E-state index in [4.69, 9.17) is 0 Å². The minimum absolute atomic E-state index is 0.0821. The van der Waals surface area contributed by atoms with Crippen molar-refractivity contribution < 1.29 is 22.7 Å². The monoisotopic (exact) mass is 380 g/mol. The Morgan fingerprint density at radius 3 is 2.67 bits per heavy atom. The molecular formula is C18H19F3N4O2. The molecule has 1 fully saturated rings. The molecule has 2 aromatic rings. The van der Waals surface area contributed by atoms with Gasteiger partial charge in [-0.05, 0) is 31.4 Å². The van der Waals surface area contributed by atoms with Crippen LogP contribution in [0.5, 0.6) is 5.75 Å². The topological polar surface area (TPSA) is 67.3 Å². The number of anilines is 1. The standard InChI is InChI=1S/C18H19F3N4O2/c1-27-17-15(20)11(9-12(19)16(17)21)18(26)23-10-13-22-6-5-14(24-13)25-7-3-2-4-8-25/h5-6,9H,2-4,7-8,10H2,1H3,(H,23,26). The molecule has 0 aliphatic carbocycles. The number of amides is 1. The summed E-state index contributed by atoms with van der Waals surface area (Å²) in [6.07, 6.45) is 4.95. The van der Waals surface area contributed by atoms with Gasteiger partial charge < -0.3 is 15.0 Å². The Hall–Kier alpha value is -2.84. The molecule has 1 saturated heterocycles. The fourth-order valence-corrected chi connectivity index (χ4v) is 2.95. The molecule has 6 nitrogen and oxygen atoms in total. The van der Waals surface area contributed by atoms with Crippen molar-refractivity contribution >= 4 is 11.7 Å². The second-order valence-electron chi connectivity index (χ2n) is 6.13. The average Bonchev–Trinajstić information content (AvgIpc) is 2.70. The Labute approximate surface area is 154 Å². The van der Waals surface area contributed by atoms with Gasteiger partial charge >= 0.3 is 0 Å². The van der Waals surface area contributed by atoms with E-state index in [9.17, 15) is 18.0 Å². The number of nitrogens with zero attached hydrogens (tertiary/aromatic N) is 3. The first-order chi connectivity index (χ1) is 13.0. The first-order valence-corrected chi connectivity index (χ1v) is 8.57. The molecule has 27 heavy (non-hydrogen) atoms. The van der Waals surface area contributed by atoms with Gasteiger partial charge in [-0.1, -0.05) is 0 Å². The van der Waals surface area contributed by atoms with Gasteiger partial charge in [-0.2, -0.15) is 4.39 Å². The molecule has 1 aliphatic rings. The molecule has 1 aromatic carbocycles. The van der Waals surface area contributed by atoms with Crippen molar-refractivity contribution in [2.75, 3.05) is 25.1 Å². The van der Waals surface area contributed by atoms with Crippen LogP contribution in [0.4, 0.5) is 19.0 Å². The van der Waals surface area contributed by atoms with Crippen molar-refractivity contribution in [2.45, 2.75) is 25.8 Å². The van der Waals surface area contributed by atoms with Gasteiger partial charge in [0.2, 0.25) is 5.82 Å². The van der Waals surface area contributed by atoms with E-state index in [2.05, 4.69) is 24.9 Å². The summed E-state index contributed by atoms with van der Waals surface area (Å²) in [5.41, 5.74) is -0.655. The van der Waals surface area contributed by atoms with Gasteiger partial charge in [-0.15, -0.1) is 0 Å². The number of methoxy groups -OCH3 is 1. The van der Waals surface area contributed by atoms with Crippen molar-refractivity contribution in [3.05, 3.63) is 47.2 Å². The van der Waals surface area contributed by atoms with Crippen LogP contribution in [0.3, 0.4) is 0 Å². The number of hydrogen-bond acceptors (Lipinski definition) is 5. The fraction of sp³-hybridized carbons (Fsp3) is 0.389. The van der Waals surface area contributed by atoms with Gasteiger partial charge in [-0.25, -0.2) is 18.7 Å². The van der Waals surface area contributed by atoms with Gasteiger partial charge in [0.25, 0.3) is 5.91 Å². The number of hydrogen-bond donors (Lipinski definition) is 1. The lowest BCUT2D eigenvalue weighted by Crippen LogP contribution is -2.31. The van der Waals surface area contributed by atoms with Gasteiger partial charge in [0.15, 0.2) is 17.4 Å². The smallest absolute Gasteiger partial charge is 0.254 e. The van der Waals surface area contributed by atoms with Crippen molar-refractivity contribution in [1.82, 2.24) is 15.3 Å². The normalized spacial score (nSPS) is 14.1. The fourth-order valence-electron chi connectivity index (χ4n) is 2.95. The van der Waals surface area contributed by atoms with Crippen LogP contribution in [0.1, 0.15) is 35.4 Å². The van der Waals surface area contributed by atoms with Crippen LogP contribution in [-0.2, 0) is 6.54 Å². The van der Waals surface area contributed by atoms with Crippen LogP contribution in [0, 0.1) is 17.5 Å². The predicted octanol–water partition coefficient (Wildman–Crippen LogP) is 2.82. The number of benzene rings is 1. The Balaban J connectivity index is 1.72. The Morgan fingerprint density at radius 2 is 1.96 bits per heavy atom. The molecule has 9 heteroatoms. The Morgan fingerprint density at radius 1 is 1.22 bits per heavy atom. The van der Waals surface area contributed by atoms with Crippen LogP contribution in [0.25, 0.3) is 0 Å². The molecular weight excluding hydrogens is 361 g/mol. The predicted molar refractivity (Wildman–Crippen MR) is 92.1 cm³/mol. The number of carbonyl (C=O) groups excluding carboxylic acids is 1. The van der Waals surface area contributed by atoms with Crippen molar-refractivity contribution in [2.24, 2.45) is 0 Å². The van der Waals surface area contributed by atoms with Crippen LogP contribution < -0.4 is 15.0 Å². The van der Waals surface area contributed by atoms with Crippen LogP contribution in [-0.4, -0.2) is 36.1 Å². The summed E-state index contributed by atoms with van der Waals surface area (Å²) in [4.78, 5) is 22.8. The maximum Gasteiger partial charge on any atom is 0.254 e. The maximum atomic E-state index is 14.2. The lowest BCUT2D eigenvalue weighted by molar-refractivity contribution is 0.0944. The number of rotatable bonds is 5. The van der Waals surface area contributed by atoms with Gasteiger partial charge in [-0.3, -0.25) is 4.79 Å². The zero-order chi connectivity index (χ0) is 19.4. The number of nitrogens with one attached hydrogen (secondary N) is 1. The quantitative estimate of drug-likeness (QED) is 0.808. The molecule has 2 heterocycles. The van der Waals surface area contributed by atoms with E-state index in [0.717, 1.165) is 38.9 Å². The summed E-state index contributed by atoms with van der Waals surface area (Å²) < 4.78 is 45.7. The largest absolute Gasteiger partial charge is 0.491 e. The van der Waals surface area contributed by atoms with Crippen LogP contribution in [0.2, 0.25) is 0 Å².